The molecular formula is C24H23N3O4S2. The van der Waals surface area contributed by atoms with Gasteiger partial charge in [0, 0.05) is 19.7 Å². The summed E-state index contributed by atoms with van der Waals surface area (Å²) in [4.78, 5) is 33.8. The topological polar surface area (TPSA) is 80.8 Å². The number of fused-ring (bicyclic) bond motifs is 1. The van der Waals surface area contributed by atoms with E-state index in [4.69, 9.17) is 9.47 Å². The van der Waals surface area contributed by atoms with E-state index in [2.05, 4.69) is 10.3 Å². The van der Waals surface area contributed by atoms with E-state index >= 15 is 0 Å². The van der Waals surface area contributed by atoms with E-state index in [1.165, 1.54) is 22.7 Å². The fourth-order valence-electron chi connectivity index (χ4n) is 3.13. The molecule has 0 fully saturated rings. The second-order valence-electron chi connectivity index (χ2n) is 7.29. The lowest BCUT2D eigenvalue weighted by molar-refractivity contribution is -0.125. The minimum Gasteiger partial charge on any atom is -0.492 e. The fourth-order valence-corrected chi connectivity index (χ4v) is 5.15. The maximum absolute atomic E-state index is 13.2. The van der Waals surface area contributed by atoms with Gasteiger partial charge in [-0.2, -0.15) is 0 Å². The Bertz CT molecular complexity index is 1240. The largest absolute Gasteiger partial charge is 0.492 e. The van der Waals surface area contributed by atoms with Gasteiger partial charge < -0.3 is 19.7 Å². The lowest BCUT2D eigenvalue weighted by Crippen LogP contribution is -2.26. The van der Waals surface area contributed by atoms with Gasteiger partial charge in [0.15, 0.2) is 5.13 Å². The number of amides is 1. The number of benzene rings is 2. The van der Waals surface area contributed by atoms with E-state index < -0.39 is 18.0 Å². The summed E-state index contributed by atoms with van der Waals surface area (Å²) in [6.07, 6.45) is -1.13. The van der Waals surface area contributed by atoms with Crippen molar-refractivity contribution in [3.05, 3.63) is 71.1 Å². The van der Waals surface area contributed by atoms with Gasteiger partial charge in [-0.15, -0.1) is 11.3 Å². The summed E-state index contributed by atoms with van der Waals surface area (Å²) >= 11 is 2.75. The highest BCUT2D eigenvalue weighted by Crippen LogP contribution is 2.35. The minimum atomic E-state index is -1.13. The van der Waals surface area contributed by atoms with Crippen LogP contribution in [0.2, 0.25) is 0 Å². The maximum atomic E-state index is 13.2. The SMILES string of the molecule is CCOc1ccccc1NC(=O)C(OC(=O)c1cc2sc(N(C)C)nc2s1)c1ccccc1. The average molecular weight is 482 g/mol. The summed E-state index contributed by atoms with van der Waals surface area (Å²) in [5.74, 6) is -0.487. The van der Waals surface area contributed by atoms with Gasteiger partial charge in [0.25, 0.3) is 5.91 Å². The van der Waals surface area contributed by atoms with Crippen molar-refractivity contribution in [2.45, 2.75) is 13.0 Å². The molecule has 1 amide bonds. The summed E-state index contributed by atoms with van der Waals surface area (Å²) in [6.45, 7) is 2.33. The Morgan fingerprint density at radius 3 is 2.48 bits per heavy atom. The van der Waals surface area contributed by atoms with Crippen LogP contribution in [0.25, 0.3) is 9.53 Å². The third kappa shape index (κ3) is 5.15. The lowest BCUT2D eigenvalue weighted by Gasteiger charge is -2.19. The van der Waals surface area contributed by atoms with E-state index in [-0.39, 0.29) is 0 Å². The molecule has 2 aromatic carbocycles. The number of thiophene rings is 1. The molecule has 170 valence electrons. The number of anilines is 2. The van der Waals surface area contributed by atoms with Crippen LogP contribution in [0.1, 0.15) is 28.3 Å². The number of ether oxygens (including phenoxy) is 2. The first kappa shape index (κ1) is 22.8. The Kier molecular flexibility index (Phi) is 6.90. The third-order valence-electron chi connectivity index (χ3n) is 4.67. The van der Waals surface area contributed by atoms with Gasteiger partial charge in [-0.3, -0.25) is 4.79 Å². The van der Waals surface area contributed by atoms with Crippen LogP contribution in [-0.4, -0.2) is 37.6 Å². The van der Waals surface area contributed by atoms with E-state index in [1.54, 1.807) is 48.5 Å². The van der Waals surface area contributed by atoms with Crippen LogP contribution in [0.5, 0.6) is 5.75 Å². The molecule has 2 heterocycles. The van der Waals surface area contributed by atoms with Crippen molar-refractivity contribution in [1.29, 1.82) is 0 Å². The zero-order valence-electron chi connectivity index (χ0n) is 18.4. The Morgan fingerprint density at radius 2 is 1.79 bits per heavy atom. The Labute approximate surface area is 199 Å². The number of aromatic nitrogens is 1. The number of rotatable bonds is 8. The standard InChI is InChI=1S/C24H23N3O4S2/c1-4-30-17-13-9-8-12-16(17)25-21(28)20(15-10-6-5-7-11-15)31-23(29)19-14-18-22(32-19)26-24(33-18)27(2)3/h5-14,20H,4H2,1-3H3,(H,25,28). The second-order valence-corrected chi connectivity index (χ2v) is 9.33. The Balaban J connectivity index is 1.58. The maximum Gasteiger partial charge on any atom is 0.349 e. The van der Waals surface area contributed by atoms with Gasteiger partial charge >= 0.3 is 5.97 Å². The number of carbonyl (C=O) groups is 2. The summed E-state index contributed by atoms with van der Waals surface area (Å²) < 4.78 is 12.2. The molecule has 4 aromatic rings. The molecule has 9 heteroatoms. The number of nitrogens with zero attached hydrogens (tertiary/aromatic N) is 2. The molecule has 1 atom stereocenters. The fraction of sp³-hybridized carbons (Fsp3) is 0.208. The van der Waals surface area contributed by atoms with Crippen molar-refractivity contribution in [3.63, 3.8) is 0 Å². The molecular weight excluding hydrogens is 458 g/mol. The van der Waals surface area contributed by atoms with Crippen molar-refractivity contribution in [3.8, 4) is 5.75 Å². The first-order chi connectivity index (χ1) is 16.0. The van der Waals surface area contributed by atoms with Crippen molar-refractivity contribution < 1.29 is 19.1 Å². The smallest absolute Gasteiger partial charge is 0.349 e. The third-order valence-corrected chi connectivity index (χ3v) is 6.98. The normalized spacial score (nSPS) is 11.7. The molecule has 2 aromatic heterocycles. The number of carbonyl (C=O) groups excluding carboxylic acids is 2. The number of hydrogen-bond acceptors (Lipinski definition) is 8. The molecule has 0 aliphatic carbocycles. The zero-order chi connectivity index (χ0) is 23.4. The van der Waals surface area contributed by atoms with Gasteiger partial charge in [-0.25, -0.2) is 9.78 Å². The Morgan fingerprint density at radius 1 is 1.06 bits per heavy atom. The number of nitrogens with one attached hydrogen (secondary N) is 1. The number of thiazole rings is 1. The van der Waals surface area contributed by atoms with E-state index in [0.29, 0.717) is 28.5 Å². The molecule has 0 radical (unpaired) electrons. The van der Waals surface area contributed by atoms with E-state index in [1.807, 2.05) is 38.1 Å². The van der Waals surface area contributed by atoms with Crippen LogP contribution in [0.3, 0.4) is 0 Å². The van der Waals surface area contributed by atoms with Gasteiger partial charge in [-0.1, -0.05) is 53.8 Å². The van der Waals surface area contributed by atoms with Crippen LogP contribution < -0.4 is 15.0 Å². The van der Waals surface area contributed by atoms with Crippen molar-refractivity contribution in [2.24, 2.45) is 0 Å². The molecule has 7 nitrogen and oxygen atoms in total. The summed E-state index contributed by atoms with van der Waals surface area (Å²) in [6, 6.07) is 17.8. The number of esters is 1. The predicted molar refractivity (Wildman–Crippen MR) is 133 cm³/mol. The Hall–Kier alpha value is -3.43. The molecule has 0 saturated carbocycles. The second kappa shape index (κ2) is 10.0. The molecule has 1 N–H and O–H groups in total. The van der Waals surface area contributed by atoms with Gasteiger partial charge in [0.2, 0.25) is 6.10 Å². The average Bonchev–Trinajstić information content (AvgIpc) is 3.39. The highest BCUT2D eigenvalue weighted by atomic mass is 32.1. The molecule has 0 bridgehead atoms. The quantitative estimate of drug-likeness (QED) is 0.341. The van der Waals surface area contributed by atoms with Crippen LogP contribution in [0.4, 0.5) is 10.8 Å². The van der Waals surface area contributed by atoms with Crippen LogP contribution in [0, 0.1) is 0 Å². The first-order valence-electron chi connectivity index (χ1n) is 10.3. The van der Waals surface area contributed by atoms with E-state index in [0.717, 1.165) is 14.7 Å². The molecule has 4 rings (SSSR count). The highest BCUT2D eigenvalue weighted by Gasteiger charge is 2.27. The highest BCUT2D eigenvalue weighted by molar-refractivity contribution is 7.29. The predicted octanol–water partition coefficient (Wildman–Crippen LogP) is 5.36. The molecule has 1 unspecified atom stereocenters. The summed E-state index contributed by atoms with van der Waals surface area (Å²) in [5.41, 5.74) is 1.09. The van der Waals surface area contributed by atoms with Gasteiger partial charge in [0.1, 0.15) is 15.5 Å². The molecule has 33 heavy (non-hydrogen) atoms. The number of para-hydroxylation sites is 2. The summed E-state index contributed by atoms with van der Waals surface area (Å²) in [5, 5.41) is 3.71. The monoisotopic (exact) mass is 481 g/mol. The van der Waals surface area contributed by atoms with Crippen molar-refractivity contribution >= 4 is 54.9 Å². The summed E-state index contributed by atoms with van der Waals surface area (Å²) in [7, 11) is 3.84. The number of hydrogen-bond donors (Lipinski definition) is 1. The minimum absolute atomic E-state index is 0.400. The molecule has 0 aliphatic rings. The van der Waals surface area contributed by atoms with Crippen molar-refractivity contribution in [2.75, 3.05) is 30.9 Å². The van der Waals surface area contributed by atoms with E-state index in [9.17, 15) is 9.59 Å². The zero-order valence-corrected chi connectivity index (χ0v) is 20.0. The molecule has 0 aliphatic heterocycles. The van der Waals surface area contributed by atoms with Crippen LogP contribution in [0.15, 0.2) is 60.7 Å². The van der Waals surface area contributed by atoms with Crippen LogP contribution >= 0.6 is 22.7 Å². The lowest BCUT2D eigenvalue weighted by atomic mass is 10.1. The van der Waals surface area contributed by atoms with Crippen molar-refractivity contribution in [1.82, 2.24) is 4.98 Å². The van der Waals surface area contributed by atoms with Gasteiger partial charge in [-0.05, 0) is 25.1 Å². The van der Waals surface area contributed by atoms with Crippen LogP contribution in [-0.2, 0) is 9.53 Å². The molecule has 0 saturated heterocycles. The first-order valence-corrected chi connectivity index (χ1v) is 12.0. The molecule has 0 spiro atoms. The van der Waals surface area contributed by atoms with Gasteiger partial charge in [0.05, 0.1) is 17.0 Å².